The largest absolute Gasteiger partial charge is 0.433 e. The summed E-state index contributed by atoms with van der Waals surface area (Å²) in [5.74, 6) is -1.20. The number of carbonyl (C=O) groups excluding carboxylic acids is 1. The second kappa shape index (κ2) is 8.78. The van der Waals surface area contributed by atoms with Gasteiger partial charge in [0.25, 0.3) is 5.91 Å². The number of thiophene rings is 1. The number of aromatic nitrogens is 5. The molecule has 0 radical (unpaired) electrons. The summed E-state index contributed by atoms with van der Waals surface area (Å²) in [5.41, 5.74) is -0.382. The van der Waals surface area contributed by atoms with Crippen LogP contribution in [-0.2, 0) is 12.7 Å². The molecule has 0 saturated heterocycles. The van der Waals surface area contributed by atoms with Crippen LogP contribution in [-0.4, -0.2) is 30.3 Å². The van der Waals surface area contributed by atoms with Crippen LogP contribution in [0.1, 0.15) is 21.7 Å². The number of hydrogen-bond donors (Lipinski definition) is 1. The normalized spacial score (nSPS) is 11.8. The maximum Gasteiger partial charge on any atom is 0.433 e. The van der Waals surface area contributed by atoms with Crippen LogP contribution in [0.25, 0.3) is 16.2 Å². The molecular weight excluding hydrogens is 508 g/mol. The highest BCUT2D eigenvalue weighted by Gasteiger charge is 2.35. The van der Waals surface area contributed by atoms with E-state index < -0.39 is 23.6 Å². The average molecular weight is 521 g/mol. The predicted molar refractivity (Wildman–Crippen MR) is 122 cm³/mol. The first kappa shape index (κ1) is 23.0. The Bertz CT molecular complexity index is 1540. The number of rotatable bonds is 5. The summed E-state index contributed by atoms with van der Waals surface area (Å²) >= 11 is 7.28. The van der Waals surface area contributed by atoms with E-state index in [4.69, 9.17) is 11.6 Å². The number of amides is 1. The van der Waals surface area contributed by atoms with Gasteiger partial charge in [-0.25, -0.2) is 13.9 Å². The van der Waals surface area contributed by atoms with Crippen molar-refractivity contribution in [1.82, 2.24) is 24.4 Å². The molecule has 0 spiro atoms. The SMILES string of the molecule is O=C(Nc1cnn(Cc2ccc(F)cc2Cl)c1)c1cc2nc(-c3cccs3)cc(C(F)(F)F)n2n1. The van der Waals surface area contributed by atoms with E-state index in [9.17, 15) is 22.4 Å². The molecule has 7 nitrogen and oxygen atoms in total. The zero-order valence-corrected chi connectivity index (χ0v) is 19.0. The molecule has 0 aliphatic rings. The van der Waals surface area contributed by atoms with Crippen molar-refractivity contribution < 1.29 is 22.4 Å². The monoisotopic (exact) mass is 520 g/mol. The van der Waals surface area contributed by atoms with Crippen molar-refractivity contribution in [3.05, 3.63) is 88.0 Å². The molecule has 0 fully saturated rings. The van der Waals surface area contributed by atoms with Crippen LogP contribution in [0.4, 0.5) is 23.2 Å². The highest BCUT2D eigenvalue weighted by atomic mass is 35.5. The first-order chi connectivity index (χ1) is 16.7. The molecular formula is C22H13ClF4N6OS. The molecule has 13 heteroatoms. The summed E-state index contributed by atoms with van der Waals surface area (Å²) in [6.07, 6.45) is -1.85. The Balaban J connectivity index is 1.40. The van der Waals surface area contributed by atoms with Crippen LogP contribution in [0.2, 0.25) is 5.02 Å². The number of alkyl halides is 3. The van der Waals surface area contributed by atoms with Crippen molar-refractivity contribution in [1.29, 1.82) is 0 Å². The Hall–Kier alpha value is -3.77. The molecule has 1 N–H and O–H groups in total. The highest BCUT2D eigenvalue weighted by molar-refractivity contribution is 7.13. The van der Waals surface area contributed by atoms with Crippen molar-refractivity contribution in [3.63, 3.8) is 0 Å². The minimum absolute atomic E-state index is 0.116. The zero-order chi connectivity index (χ0) is 24.7. The van der Waals surface area contributed by atoms with E-state index in [0.717, 1.165) is 6.07 Å². The fraction of sp³-hybridized carbons (Fsp3) is 0.0909. The van der Waals surface area contributed by atoms with E-state index in [1.165, 1.54) is 52.7 Å². The number of nitrogens with zero attached hydrogens (tertiary/aromatic N) is 5. The number of nitrogens with one attached hydrogen (secondary N) is 1. The second-order valence-corrected chi connectivity index (χ2v) is 8.77. The smallest absolute Gasteiger partial charge is 0.318 e. The minimum atomic E-state index is -4.71. The first-order valence-electron chi connectivity index (χ1n) is 9.97. The van der Waals surface area contributed by atoms with Gasteiger partial charge >= 0.3 is 6.18 Å². The van der Waals surface area contributed by atoms with Gasteiger partial charge in [-0.05, 0) is 35.2 Å². The number of hydrogen-bond acceptors (Lipinski definition) is 5. The minimum Gasteiger partial charge on any atom is -0.318 e. The number of carbonyl (C=O) groups is 1. The summed E-state index contributed by atoms with van der Waals surface area (Å²) in [4.78, 5) is 17.5. The molecule has 0 aliphatic carbocycles. The van der Waals surface area contributed by atoms with Crippen molar-refractivity contribution in [2.24, 2.45) is 0 Å². The van der Waals surface area contributed by atoms with Crippen molar-refractivity contribution >= 4 is 40.2 Å². The molecule has 0 atom stereocenters. The van der Waals surface area contributed by atoms with Gasteiger partial charge < -0.3 is 5.32 Å². The Morgan fingerprint density at radius 3 is 2.71 bits per heavy atom. The number of fused-ring (bicyclic) bond motifs is 1. The van der Waals surface area contributed by atoms with Gasteiger partial charge in [-0.1, -0.05) is 23.7 Å². The first-order valence-corrected chi connectivity index (χ1v) is 11.2. The number of benzene rings is 1. The number of anilines is 1. The molecule has 35 heavy (non-hydrogen) atoms. The molecule has 5 rings (SSSR count). The highest BCUT2D eigenvalue weighted by Crippen LogP contribution is 2.33. The summed E-state index contributed by atoms with van der Waals surface area (Å²) in [6, 6.07) is 9.42. The molecule has 1 amide bonds. The van der Waals surface area contributed by atoms with Gasteiger partial charge in [0.15, 0.2) is 17.0 Å². The van der Waals surface area contributed by atoms with Gasteiger partial charge in [0.2, 0.25) is 0 Å². The molecule has 4 aromatic heterocycles. The third-order valence-corrected chi connectivity index (χ3v) is 6.21. The Labute approximate surface area is 203 Å². The standard InChI is InChI=1S/C22H13ClF4N6OS/c23-15-6-13(24)4-3-12(15)10-32-11-14(9-28-32)29-21(34)17-8-20-30-16(18-2-1-5-35-18)7-19(22(25,26)27)33(20)31-17/h1-9,11H,10H2,(H,29,34). The quantitative estimate of drug-likeness (QED) is 0.299. The van der Waals surface area contributed by atoms with Gasteiger partial charge in [0, 0.05) is 17.3 Å². The van der Waals surface area contributed by atoms with Crippen LogP contribution >= 0.6 is 22.9 Å². The Kier molecular flexibility index (Phi) is 5.77. The zero-order valence-electron chi connectivity index (χ0n) is 17.4. The second-order valence-electron chi connectivity index (χ2n) is 7.42. The van der Waals surface area contributed by atoms with Crippen LogP contribution < -0.4 is 5.32 Å². The molecule has 1 aromatic carbocycles. The molecule has 178 valence electrons. The van der Waals surface area contributed by atoms with Crippen LogP contribution in [0.5, 0.6) is 0 Å². The third kappa shape index (κ3) is 4.75. The van der Waals surface area contributed by atoms with Crippen molar-refractivity contribution in [3.8, 4) is 10.6 Å². The Morgan fingerprint density at radius 2 is 2.00 bits per heavy atom. The maximum absolute atomic E-state index is 13.7. The molecule has 0 aliphatic heterocycles. The number of halogens is 5. The summed E-state index contributed by atoms with van der Waals surface area (Å²) in [7, 11) is 0. The molecule has 0 bridgehead atoms. The summed E-state index contributed by atoms with van der Waals surface area (Å²) in [5, 5.41) is 12.5. The van der Waals surface area contributed by atoms with Crippen molar-refractivity contribution in [2.45, 2.75) is 12.7 Å². The van der Waals surface area contributed by atoms with Crippen LogP contribution in [0.3, 0.4) is 0 Å². The maximum atomic E-state index is 13.7. The van der Waals surface area contributed by atoms with Crippen molar-refractivity contribution in [2.75, 3.05) is 5.32 Å². The average Bonchev–Trinajstić information content (AvgIpc) is 3.55. The van der Waals surface area contributed by atoms with Crippen LogP contribution in [0.15, 0.2) is 60.2 Å². The summed E-state index contributed by atoms with van der Waals surface area (Å²) in [6.45, 7) is 0.216. The van der Waals surface area contributed by atoms with E-state index in [1.807, 2.05) is 0 Å². The van der Waals surface area contributed by atoms with Crippen LogP contribution in [0, 0.1) is 5.82 Å². The lowest BCUT2D eigenvalue weighted by Gasteiger charge is -2.10. The van der Waals surface area contributed by atoms with Gasteiger partial charge in [-0.3, -0.25) is 9.48 Å². The fourth-order valence-corrected chi connectivity index (χ4v) is 4.29. The van der Waals surface area contributed by atoms with E-state index in [-0.39, 0.29) is 34.3 Å². The lowest BCUT2D eigenvalue weighted by molar-refractivity contribution is -0.142. The lowest BCUT2D eigenvalue weighted by Crippen LogP contribution is -2.15. The summed E-state index contributed by atoms with van der Waals surface area (Å²) < 4.78 is 56.4. The lowest BCUT2D eigenvalue weighted by atomic mass is 10.2. The topological polar surface area (TPSA) is 77.1 Å². The van der Waals surface area contributed by atoms with Gasteiger partial charge in [-0.2, -0.15) is 23.4 Å². The molecule has 0 saturated carbocycles. The Morgan fingerprint density at radius 1 is 1.17 bits per heavy atom. The van der Waals surface area contributed by atoms with E-state index in [0.29, 0.717) is 15.0 Å². The predicted octanol–water partition coefficient (Wildman–Crippen LogP) is 5.77. The van der Waals surface area contributed by atoms with Gasteiger partial charge in [-0.15, -0.1) is 11.3 Å². The fourth-order valence-electron chi connectivity index (χ4n) is 3.37. The molecule has 5 aromatic rings. The van der Waals surface area contributed by atoms with E-state index in [1.54, 1.807) is 17.5 Å². The van der Waals surface area contributed by atoms with Gasteiger partial charge in [0.05, 0.1) is 29.0 Å². The molecule has 0 unspecified atom stereocenters. The third-order valence-electron chi connectivity index (χ3n) is 4.96. The van der Waals surface area contributed by atoms with E-state index >= 15 is 0 Å². The molecule has 4 heterocycles. The van der Waals surface area contributed by atoms with Gasteiger partial charge in [0.1, 0.15) is 5.82 Å². The van der Waals surface area contributed by atoms with E-state index in [2.05, 4.69) is 20.5 Å².